The van der Waals surface area contributed by atoms with Crippen molar-refractivity contribution in [3.63, 3.8) is 0 Å². The molecule has 11 heteroatoms. The molecule has 8 nitrogen and oxygen atoms in total. The average molecular weight is 367 g/mol. The zero-order valence-electron chi connectivity index (χ0n) is 11.5. The van der Waals surface area contributed by atoms with Gasteiger partial charge in [-0.2, -0.15) is 24.3 Å². The van der Waals surface area contributed by atoms with Crippen molar-refractivity contribution in [3.8, 4) is 0 Å². The van der Waals surface area contributed by atoms with Crippen molar-refractivity contribution in [1.29, 1.82) is 0 Å². The molecule has 4 N–H and O–H groups in total. The molecule has 1 aliphatic carbocycles. The third-order valence-electron chi connectivity index (χ3n) is 3.11. The number of nitrogen functional groups attached to an aromatic ring is 1. The van der Waals surface area contributed by atoms with Crippen LogP contribution in [0.4, 0.5) is 5.95 Å². The van der Waals surface area contributed by atoms with Crippen LogP contribution in [0.5, 0.6) is 0 Å². The molecule has 0 bridgehead atoms. The molecular weight excluding hydrogens is 352 g/mol. The second-order valence-electron chi connectivity index (χ2n) is 4.86. The van der Waals surface area contributed by atoms with Crippen LogP contribution in [0.3, 0.4) is 0 Å². The zero-order valence-corrected chi connectivity index (χ0v) is 14.0. The highest BCUT2D eigenvalue weighted by atomic mass is 35.5. The van der Waals surface area contributed by atoms with Crippen LogP contribution >= 0.6 is 32.0 Å². The quantitative estimate of drug-likeness (QED) is 0.430. The molecule has 0 aromatic carbocycles. The third-order valence-corrected chi connectivity index (χ3v) is 4.04. The van der Waals surface area contributed by atoms with E-state index in [1.807, 2.05) is 10.6 Å². The molecular formula is C11H15Cl2N5O3P+. The van der Waals surface area contributed by atoms with Crippen LogP contribution in [0.2, 0.25) is 5.15 Å². The highest BCUT2D eigenvalue weighted by Crippen LogP contribution is 2.49. The first kappa shape index (κ1) is 17.3. The summed E-state index contributed by atoms with van der Waals surface area (Å²) < 4.78 is 7.01. The lowest BCUT2D eigenvalue weighted by Gasteiger charge is -2.14. The first-order chi connectivity index (χ1) is 9.83. The molecule has 0 amide bonds. The van der Waals surface area contributed by atoms with Crippen molar-refractivity contribution in [2.75, 3.05) is 12.4 Å². The summed E-state index contributed by atoms with van der Waals surface area (Å²) in [6.45, 7) is 1.27. The van der Waals surface area contributed by atoms with Gasteiger partial charge < -0.3 is 10.3 Å². The van der Waals surface area contributed by atoms with Gasteiger partial charge in [0, 0.05) is 6.42 Å². The Morgan fingerprint density at radius 2 is 2.14 bits per heavy atom. The van der Waals surface area contributed by atoms with E-state index >= 15 is 0 Å². The molecule has 2 aromatic rings. The average Bonchev–Trinajstić information content (AvgIpc) is 2.93. The highest BCUT2D eigenvalue weighted by Gasteiger charge is 2.35. The fourth-order valence-electron chi connectivity index (χ4n) is 2.33. The molecule has 120 valence electrons. The number of rotatable bonds is 3. The minimum Gasteiger partial charge on any atom is -0.368 e. The van der Waals surface area contributed by atoms with E-state index in [4.69, 9.17) is 21.9 Å². The fourth-order valence-corrected chi connectivity index (χ4v) is 3.22. The number of fused-ring (bicyclic) bond motifs is 1. The van der Waals surface area contributed by atoms with Gasteiger partial charge in [0.1, 0.15) is 18.3 Å². The number of allylic oxidation sites excluding steroid dienone is 1. The largest absolute Gasteiger partial charge is 0.403 e. The lowest BCUT2D eigenvalue weighted by atomic mass is 10.2. The van der Waals surface area contributed by atoms with Crippen molar-refractivity contribution in [2.24, 2.45) is 0 Å². The minimum atomic E-state index is -3.27. The van der Waals surface area contributed by atoms with Gasteiger partial charge in [-0.25, -0.2) is 4.98 Å². The number of nitrogens with two attached hydrogens (primary N) is 1. The van der Waals surface area contributed by atoms with Gasteiger partial charge in [0.05, 0.1) is 12.4 Å². The first-order valence-corrected chi connectivity index (χ1v) is 8.61. The third kappa shape index (κ3) is 3.48. The maximum Gasteiger partial charge on any atom is 0.403 e. The summed E-state index contributed by atoms with van der Waals surface area (Å²) in [5.74, 6) is 0.0771. The number of imidazole rings is 1. The van der Waals surface area contributed by atoms with Gasteiger partial charge in [0.2, 0.25) is 5.95 Å². The number of halogens is 2. The number of hydrogen-bond acceptors (Lipinski definition) is 7. The van der Waals surface area contributed by atoms with Crippen molar-refractivity contribution in [2.45, 2.75) is 18.6 Å². The molecule has 0 saturated heterocycles. The van der Waals surface area contributed by atoms with Gasteiger partial charge in [-0.15, -0.1) is 12.4 Å². The summed E-state index contributed by atoms with van der Waals surface area (Å²) in [7, 11) is -3.27. The van der Waals surface area contributed by atoms with E-state index in [2.05, 4.69) is 15.0 Å². The SMILES string of the molecule is C[P+](O)(O)O[C@@H]1C=C[C@H](n2cnc3c(Cl)nc(N)nc32)C1.Cl. The van der Waals surface area contributed by atoms with Crippen LogP contribution in [0.25, 0.3) is 11.2 Å². The molecule has 0 radical (unpaired) electrons. The second-order valence-corrected chi connectivity index (χ2v) is 7.10. The Kier molecular flexibility index (Phi) is 4.91. The van der Waals surface area contributed by atoms with Gasteiger partial charge in [-0.3, -0.25) is 0 Å². The van der Waals surface area contributed by atoms with Gasteiger partial charge in [0.15, 0.2) is 10.8 Å². The summed E-state index contributed by atoms with van der Waals surface area (Å²) >= 11 is 5.99. The van der Waals surface area contributed by atoms with Crippen molar-refractivity contribution < 1.29 is 14.3 Å². The Bertz CT molecular complexity index is 718. The lowest BCUT2D eigenvalue weighted by molar-refractivity contribution is 0.182. The molecule has 2 atom stereocenters. The zero-order chi connectivity index (χ0) is 15.2. The summed E-state index contributed by atoms with van der Waals surface area (Å²) in [4.78, 5) is 31.0. The van der Waals surface area contributed by atoms with Crippen LogP contribution in [-0.4, -0.2) is 42.1 Å². The van der Waals surface area contributed by atoms with Crippen molar-refractivity contribution in [3.05, 3.63) is 23.6 Å². The summed E-state index contributed by atoms with van der Waals surface area (Å²) in [5, 5.41) is 0.204. The molecule has 3 rings (SSSR count). The summed E-state index contributed by atoms with van der Waals surface area (Å²) in [6.07, 6.45) is 5.47. The Labute approximate surface area is 138 Å². The maximum atomic E-state index is 9.38. The second kappa shape index (κ2) is 6.23. The van der Waals surface area contributed by atoms with Crippen molar-refractivity contribution >= 4 is 49.1 Å². The predicted octanol–water partition coefficient (Wildman–Crippen LogP) is 1.75. The Morgan fingerprint density at radius 3 is 2.82 bits per heavy atom. The Balaban J connectivity index is 0.00000176. The van der Waals surface area contributed by atoms with E-state index < -0.39 is 7.94 Å². The van der Waals surface area contributed by atoms with E-state index in [1.165, 1.54) is 6.66 Å². The van der Waals surface area contributed by atoms with Crippen molar-refractivity contribution in [1.82, 2.24) is 19.5 Å². The molecule has 0 unspecified atom stereocenters. The van der Waals surface area contributed by atoms with Gasteiger partial charge in [-0.05, 0) is 0 Å². The van der Waals surface area contributed by atoms with E-state index in [-0.39, 0.29) is 35.7 Å². The number of aromatic nitrogens is 4. The molecule has 2 aromatic heterocycles. The van der Waals surface area contributed by atoms with E-state index in [9.17, 15) is 9.79 Å². The van der Waals surface area contributed by atoms with Crippen LogP contribution in [0, 0.1) is 0 Å². The topological polar surface area (TPSA) is 119 Å². The van der Waals surface area contributed by atoms with E-state index in [1.54, 1.807) is 12.4 Å². The van der Waals surface area contributed by atoms with Crippen LogP contribution in [-0.2, 0) is 4.52 Å². The van der Waals surface area contributed by atoms with Gasteiger partial charge >= 0.3 is 7.94 Å². The molecule has 0 fully saturated rings. The smallest absolute Gasteiger partial charge is 0.368 e. The minimum absolute atomic E-state index is 0. The van der Waals surface area contributed by atoms with Crippen LogP contribution < -0.4 is 5.73 Å². The summed E-state index contributed by atoms with van der Waals surface area (Å²) in [6, 6.07) is -0.0723. The predicted molar refractivity (Wildman–Crippen MR) is 86.9 cm³/mol. The summed E-state index contributed by atoms with van der Waals surface area (Å²) in [5.41, 5.74) is 6.62. The Hall–Kier alpha value is -1.02. The van der Waals surface area contributed by atoms with Crippen LogP contribution in [0.1, 0.15) is 12.5 Å². The number of nitrogens with zero attached hydrogens (tertiary/aromatic N) is 4. The molecule has 2 heterocycles. The molecule has 0 aliphatic heterocycles. The number of anilines is 1. The fraction of sp³-hybridized carbons (Fsp3) is 0.364. The lowest BCUT2D eigenvalue weighted by Crippen LogP contribution is -2.12. The Morgan fingerprint density at radius 1 is 1.41 bits per heavy atom. The molecule has 0 saturated carbocycles. The highest BCUT2D eigenvalue weighted by molar-refractivity contribution is 7.58. The maximum absolute atomic E-state index is 9.38. The van der Waals surface area contributed by atoms with E-state index in [0.717, 1.165) is 0 Å². The monoisotopic (exact) mass is 366 g/mol. The van der Waals surface area contributed by atoms with Gasteiger partial charge in [0.25, 0.3) is 0 Å². The first-order valence-electron chi connectivity index (χ1n) is 6.18. The standard InChI is InChI=1S/C11H14ClN5O3P.ClH/c1-21(18,19)20-7-3-2-6(4-7)17-5-14-8-9(12)15-11(13)16-10(8)17;/h2-3,5-7,18-19H,4H2,1H3,(H2,13,15,16);1H/q+1;/t6-,7+;/m0./s1. The normalized spacial score (nSPS) is 21.3. The molecule has 0 spiro atoms. The molecule has 22 heavy (non-hydrogen) atoms. The van der Waals surface area contributed by atoms with Crippen LogP contribution in [0.15, 0.2) is 18.5 Å². The molecule has 1 aliphatic rings. The van der Waals surface area contributed by atoms with Gasteiger partial charge in [-0.1, -0.05) is 23.8 Å². The van der Waals surface area contributed by atoms with E-state index in [0.29, 0.717) is 17.6 Å². The number of hydrogen-bond donors (Lipinski definition) is 3.